The first-order chi connectivity index (χ1) is 10.1. The zero-order chi connectivity index (χ0) is 15.2. The van der Waals surface area contributed by atoms with Crippen LogP contribution in [0.5, 0.6) is 0 Å². The van der Waals surface area contributed by atoms with Crippen molar-refractivity contribution < 1.29 is 0 Å². The van der Waals surface area contributed by atoms with Crippen molar-refractivity contribution in [3.63, 3.8) is 0 Å². The number of hydrogen-bond acceptors (Lipinski definition) is 6. The fourth-order valence-corrected chi connectivity index (χ4v) is 4.48. The van der Waals surface area contributed by atoms with Crippen LogP contribution in [0.3, 0.4) is 0 Å². The molecule has 0 saturated carbocycles. The van der Waals surface area contributed by atoms with E-state index in [0.717, 1.165) is 31.7 Å². The maximum Gasteiger partial charge on any atom is 0.179 e. The van der Waals surface area contributed by atoms with Crippen LogP contribution < -0.4 is 5.32 Å². The molecule has 0 atom stereocenters. The van der Waals surface area contributed by atoms with Gasteiger partial charge in [-0.2, -0.15) is 0 Å². The second-order valence-electron chi connectivity index (χ2n) is 4.92. The highest BCUT2D eigenvalue weighted by atomic mass is 35.5. The molecule has 2 aromatic rings. The topological polar surface area (TPSA) is 37.8 Å². The molecule has 0 spiro atoms. The smallest absolute Gasteiger partial charge is 0.179 e. The van der Waals surface area contributed by atoms with Gasteiger partial charge in [-0.15, -0.1) is 10.2 Å². The monoisotopic (exact) mass is 359 g/mol. The Labute approximate surface area is 143 Å². The van der Waals surface area contributed by atoms with Gasteiger partial charge in [0.1, 0.15) is 0 Å². The molecule has 0 aliphatic carbocycles. The SMILES string of the molecule is CSc1nnc(Sc2cc(Cl)ccc2CNCC(C)C)s1. The van der Waals surface area contributed by atoms with E-state index in [2.05, 4.69) is 35.4 Å². The maximum absolute atomic E-state index is 6.13. The molecule has 0 amide bonds. The summed E-state index contributed by atoms with van der Waals surface area (Å²) in [7, 11) is 0. The first-order valence-electron chi connectivity index (χ1n) is 6.63. The van der Waals surface area contributed by atoms with Crippen LogP contribution in [-0.4, -0.2) is 23.0 Å². The van der Waals surface area contributed by atoms with E-state index < -0.39 is 0 Å². The molecule has 3 nitrogen and oxygen atoms in total. The summed E-state index contributed by atoms with van der Waals surface area (Å²) in [5.74, 6) is 0.640. The van der Waals surface area contributed by atoms with Crippen LogP contribution in [0.2, 0.25) is 5.02 Å². The molecule has 7 heteroatoms. The minimum Gasteiger partial charge on any atom is -0.312 e. The lowest BCUT2D eigenvalue weighted by Crippen LogP contribution is -2.19. The van der Waals surface area contributed by atoms with Crippen molar-refractivity contribution in [3.05, 3.63) is 28.8 Å². The molecule has 0 unspecified atom stereocenters. The van der Waals surface area contributed by atoms with Crippen molar-refractivity contribution in [2.24, 2.45) is 5.92 Å². The van der Waals surface area contributed by atoms with Crippen molar-refractivity contribution in [2.75, 3.05) is 12.8 Å². The molecule has 0 bridgehead atoms. The average Bonchev–Trinajstić information content (AvgIpc) is 2.88. The summed E-state index contributed by atoms with van der Waals surface area (Å²) in [5, 5.41) is 12.6. The number of nitrogens with one attached hydrogen (secondary N) is 1. The molecule has 0 saturated heterocycles. The van der Waals surface area contributed by atoms with Gasteiger partial charge in [0.05, 0.1) is 0 Å². The summed E-state index contributed by atoms with van der Waals surface area (Å²) in [6.07, 6.45) is 2.01. The van der Waals surface area contributed by atoms with Crippen molar-refractivity contribution in [2.45, 2.75) is 34.0 Å². The van der Waals surface area contributed by atoms with Crippen LogP contribution in [0.15, 0.2) is 31.8 Å². The predicted molar refractivity (Wildman–Crippen MR) is 93.8 cm³/mol. The van der Waals surface area contributed by atoms with E-state index in [1.54, 1.807) is 34.9 Å². The molecular weight excluding hydrogens is 342 g/mol. The lowest BCUT2D eigenvalue weighted by Gasteiger charge is -2.11. The molecule has 21 heavy (non-hydrogen) atoms. The van der Waals surface area contributed by atoms with Crippen LogP contribution in [-0.2, 0) is 6.54 Å². The standard InChI is InChI=1S/C14H18ClN3S3/c1-9(2)7-16-8-10-4-5-11(15)6-12(10)20-14-18-17-13(19-3)21-14/h4-6,9,16H,7-8H2,1-3H3. The summed E-state index contributed by atoms with van der Waals surface area (Å²) in [4.78, 5) is 1.14. The minimum atomic E-state index is 0.640. The molecule has 1 aromatic heterocycles. The number of thioether (sulfide) groups is 1. The maximum atomic E-state index is 6.13. The van der Waals surface area contributed by atoms with Crippen molar-refractivity contribution in [3.8, 4) is 0 Å². The van der Waals surface area contributed by atoms with Gasteiger partial charge in [0.25, 0.3) is 0 Å². The highest BCUT2D eigenvalue weighted by molar-refractivity contribution is 8.03. The Balaban J connectivity index is 2.10. The summed E-state index contributed by atoms with van der Waals surface area (Å²) < 4.78 is 1.94. The van der Waals surface area contributed by atoms with Crippen LogP contribution in [0.4, 0.5) is 0 Å². The van der Waals surface area contributed by atoms with E-state index in [1.807, 2.05) is 18.4 Å². The lowest BCUT2D eigenvalue weighted by molar-refractivity contribution is 0.550. The third-order valence-electron chi connectivity index (χ3n) is 2.66. The molecule has 0 fully saturated rings. The largest absolute Gasteiger partial charge is 0.312 e. The van der Waals surface area contributed by atoms with Crippen molar-refractivity contribution >= 4 is 46.5 Å². The Morgan fingerprint density at radius 3 is 2.71 bits per heavy atom. The summed E-state index contributed by atoms with van der Waals surface area (Å²) in [5.41, 5.74) is 1.24. The number of nitrogens with zero attached hydrogens (tertiary/aromatic N) is 2. The Morgan fingerprint density at radius 1 is 1.29 bits per heavy atom. The highest BCUT2D eigenvalue weighted by Gasteiger charge is 2.10. The zero-order valence-electron chi connectivity index (χ0n) is 12.2. The number of aromatic nitrogens is 2. The first kappa shape index (κ1) is 17.1. The van der Waals surface area contributed by atoms with Gasteiger partial charge >= 0.3 is 0 Å². The Kier molecular flexibility index (Phi) is 6.82. The number of rotatable bonds is 7. The first-order valence-corrected chi connectivity index (χ1v) is 9.86. The fraction of sp³-hybridized carbons (Fsp3) is 0.429. The van der Waals surface area contributed by atoms with Crippen LogP contribution in [0.1, 0.15) is 19.4 Å². The number of hydrogen-bond donors (Lipinski definition) is 1. The van der Waals surface area contributed by atoms with E-state index in [1.165, 1.54) is 5.56 Å². The molecule has 2 rings (SSSR count). The van der Waals surface area contributed by atoms with Gasteiger partial charge in [0.2, 0.25) is 0 Å². The van der Waals surface area contributed by atoms with E-state index in [4.69, 9.17) is 11.6 Å². The lowest BCUT2D eigenvalue weighted by atomic mass is 10.2. The normalized spacial score (nSPS) is 11.3. The molecule has 0 radical (unpaired) electrons. The molecule has 114 valence electrons. The molecular formula is C14H18ClN3S3. The Hall–Kier alpha value is -0.270. The second-order valence-corrected chi connectivity index (χ2v) is 8.67. The summed E-state index contributed by atoms with van der Waals surface area (Å²) in [6.45, 7) is 6.25. The average molecular weight is 360 g/mol. The van der Waals surface area contributed by atoms with Gasteiger partial charge in [-0.05, 0) is 36.4 Å². The summed E-state index contributed by atoms with van der Waals surface area (Å²) in [6, 6.07) is 6.01. The minimum absolute atomic E-state index is 0.640. The van der Waals surface area contributed by atoms with Crippen molar-refractivity contribution in [1.82, 2.24) is 15.5 Å². The number of benzene rings is 1. The van der Waals surface area contributed by atoms with E-state index >= 15 is 0 Å². The predicted octanol–water partition coefficient (Wildman–Crippen LogP) is 4.81. The molecule has 0 aliphatic rings. The molecule has 0 aliphatic heterocycles. The zero-order valence-corrected chi connectivity index (χ0v) is 15.4. The van der Waals surface area contributed by atoms with Gasteiger partial charge in [-0.3, -0.25) is 0 Å². The van der Waals surface area contributed by atoms with E-state index in [0.29, 0.717) is 5.92 Å². The quantitative estimate of drug-likeness (QED) is 0.718. The van der Waals surface area contributed by atoms with Crippen LogP contribution in [0.25, 0.3) is 0 Å². The van der Waals surface area contributed by atoms with Gasteiger partial charge < -0.3 is 5.32 Å². The van der Waals surface area contributed by atoms with Crippen LogP contribution in [0, 0.1) is 5.92 Å². The molecule has 1 heterocycles. The third kappa shape index (κ3) is 5.45. The van der Waals surface area contributed by atoms with E-state index in [-0.39, 0.29) is 0 Å². The second kappa shape index (κ2) is 8.39. The Morgan fingerprint density at radius 2 is 2.05 bits per heavy atom. The molecule has 1 N–H and O–H groups in total. The van der Waals surface area contributed by atoms with Gasteiger partial charge in [-0.25, -0.2) is 0 Å². The van der Waals surface area contributed by atoms with Gasteiger partial charge in [0.15, 0.2) is 8.68 Å². The van der Waals surface area contributed by atoms with Crippen LogP contribution >= 0.6 is 46.5 Å². The summed E-state index contributed by atoms with van der Waals surface area (Å²) >= 11 is 11.0. The van der Waals surface area contributed by atoms with Crippen molar-refractivity contribution in [1.29, 1.82) is 0 Å². The Bertz CT molecular complexity index is 587. The highest BCUT2D eigenvalue weighted by Crippen LogP contribution is 2.35. The van der Waals surface area contributed by atoms with E-state index in [9.17, 15) is 0 Å². The van der Waals surface area contributed by atoms with Gasteiger partial charge in [-0.1, -0.05) is 66.4 Å². The number of halogens is 1. The van der Waals surface area contributed by atoms with Gasteiger partial charge in [0, 0.05) is 16.5 Å². The fourth-order valence-electron chi connectivity index (χ4n) is 1.68. The third-order valence-corrected chi connectivity index (χ3v) is 5.94. The molecule has 1 aromatic carbocycles.